The Hall–Kier alpha value is -2.48. The molecule has 0 spiro atoms. The average molecular weight is 319 g/mol. The summed E-state index contributed by atoms with van der Waals surface area (Å²) >= 11 is 0. The summed E-state index contributed by atoms with van der Waals surface area (Å²) in [6, 6.07) is 22.6. The summed E-state index contributed by atoms with van der Waals surface area (Å²) in [6.45, 7) is 4.15. The van der Waals surface area contributed by atoms with Gasteiger partial charge in [-0.3, -0.25) is 0 Å². The van der Waals surface area contributed by atoms with Crippen LogP contribution in [0, 0.1) is 0 Å². The van der Waals surface area contributed by atoms with Crippen molar-refractivity contribution in [3.05, 3.63) is 72.3 Å². The Morgan fingerprint density at radius 1 is 0.792 bits per heavy atom. The van der Waals surface area contributed by atoms with Crippen molar-refractivity contribution in [2.75, 3.05) is 11.4 Å². The summed E-state index contributed by atoms with van der Waals surface area (Å²) in [5.41, 5.74) is 2.51. The molecule has 0 aliphatic rings. The molecule has 3 aromatic rings. The molecule has 0 fully saturated rings. The molecule has 3 rings (SSSR count). The number of hydrogen-bond acceptors (Lipinski definition) is 2. The van der Waals surface area contributed by atoms with Crippen LogP contribution < -0.4 is 4.90 Å². The van der Waals surface area contributed by atoms with Crippen molar-refractivity contribution in [3.63, 3.8) is 0 Å². The minimum atomic E-state index is 0.350. The number of rotatable bonds is 7. The van der Waals surface area contributed by atoms with Crippen molar-refractivity contribution in [3.8, 4) is 5.75 Å². The second kappa shape index (κ2) is 7.87. The van der Waals surface area contributed by atoms with Gasteiger partial charge in [-0.15, -0.1) is 0 Å². The predicted octanol–water partition coefficient (Wildman–Crippen LogP) is 5.74. The van der Waals surface area contributed by atoms with Crippen molar-refractivity contribution in [1.82, 2.24) is 0 Å². The van der Waals surface area contributed by atoms with Gasteiger partial charge in [0, 0.05) is 29.5 Å². The maximum absolute atomic E-state index is 10.2. The Balaban J connectivity index is 1.97. The third-order valence-electron chi connectivity index (χ3n) is 4.46. The Morgan fingerprint density at radius 2 is 1.54 bits per heavy atom. The molecule has 0 bridgehead atoms. The van der Waals surface area contributed by atoms with Gasteiger partial charge in [-0.25, -0.2) is 0 Å². The van der Waals surface area contributed by atoms with Crippen molar-refractivity contribution in [2.24, 2.45) is 0 Å². The van der Waals surface area contributed by atoms with Gasteiger partial charge in [0.15, 0.2) is 0 Å². The Morgan fingerprint density at radius 3 is 2.33 bits per heavy atom. The van der Waals surface area contributed by atoms with E-state index in [-0.39, 0.29) is 0 Å². The van der Waals surface area contributed by atoms with Crippen LogP contribution in [0.1, 0.15) is 31.7 Å². The molecule has 0 aliphatic carbocycles. The zero-order valence-electron chi connectivity index (χ0n) is 14.3. The van der Waals surface area contributed by atoms with Crippen molar-refractivity contribution in [2.45, 2.75) is 32.7 Å². The number of unbranched alkanes of at least 4 members (excludes halogenated alkanes) is 2. The van der Waals surface area contributed by atoms with Crippen LogP contribution in [0.15, 0.2) is 66.7 Å². The van der Waals surface area contributed by atoms with E-state index in [9.17, 15) is 5.11 Å². The molecule has 0 amide bonds. The normalized spacial score (nSPS) is 10.9. The fourth-order valence-electron chi connectivity index (χ4n) is 3.19. The van der Waals surface area contributed by atoms with Crippen LogP contribution in [0.25, 0.3) is 10.8 Å². The lowest BCUT2D eigenvalue weighted by molar-refractivity contribution is 0.481. The number of hydrogen-bond donors (Lipinski definition) is 1. The molecule has 2 nitrogen and oxygen atoms in total. The van der Waals surface area contributed by atoms with E-state index in [1.54, 1.807) is 6.07 Å². The first kappa shape index (κ1) is 16.4. The lowest BCUT2D eigenvalue weighted by Crippen LogP contribution is -2.24. The first-order valence-electron chi connectivity index (χ1n) is 8.79. The van der Waals surface area contributed by atoms with Crippen molar-refractivity contribution >= 4 is 16.5 Å². The van der Waals surface area contributed by atoms with E-state index in [2.05, 4.69) is 54.3 Å². The smallest absolute Gasteiger partial charge is 0.123 e. The minimum Gasteiger partial charge on any atom is -0.507 e. The first-order valence-corrected chi connectivity index (χ1v) is 8.79. The van der Waals surface area contributed by atoms with Gasteiger partial charge < -0.3 is 10.0 Å². The van der Waals surface area contributed by atoms with E-state index in [1.165, 1.54) is 30.5 Å². The van der Waals surface area contributed by atoms with Crippen molar-refractivity contribution in [1.29, 1.82) is 0 Å². The predicted molar refractivity (Wildman–Crippen MR) is 103 cm³/mol. The van der Waals surface area contributed by atoms with E-state index in [1.807, 2.05) is 18.2 Å². The number of nitrogens with zero attached hydrogens (tertiary/aromatic N) is 1. The number of aromatic hydroxyl groups is 1. The molecule has 0 radical (unpaired) electrons. The van der Waals surface area contributed by atoms with E-state index in [0.29, 0.717) is 5.75 Å². The highest BCUT2D eigenvalue weighted by atomic mass is 16.3. The topological polar surface area (TPSA) is 23.5 Å². The van der Waals surface area contributed by atoms with Gasteiger partial charge in [0.25, 0.3) is 0 Å². The molecular formula is C22H25NO. The molecule has 0 aromatic heterocycles. The zero-order valence-corrected chi connectivity index (χ0v) is 14.3. The maximum atomic E-state index is 10.2. The van der Waals surface area contributed by atoms with E-state index < -0.39 is 0 Å². The molecule has 0 aliphatic heterocycles. The van der Waals surface area contributed by atoms with Crippen LogP contribution in [0.5, 0.6) is 5.75 Å². The molecule has 2 heteroatoms. The summed E-state index contributed by atoms with van der Waals surface area (Å²) in [4.78, 5) is 2.44. The molecular weight excluding hydrogens is 294 g/mol. The summed E-state index contributed by atoms with van der Waals surface area (Å²) in [7, 11) is 0. The van der Waals surface area contributed by atoms with Crippen LogP contribution in [-0.4, -0.2) is 11.7 Å². The van der Waals surface area contributed by atoms with Crippen LogP contribution in [-0.2, 0) is 6.54 Å². The fourth-order valence-corrected chi connectivity index (χ4v) is 3.19. The highest BCUT2D eigenvalue weighted by molar-refractivity contribution is 5.97. The van der Waals surface area contributed by atoms with Gasteiger partial charge in [0.1, 0.15) is 5.75 Å². The standard InChI is InChI=1S/C22H25NO/c1-2-3-7-16-23(17-18-10-5-4-6-11-18)21-14-8-13-20-19(21)12-9-15-22(20)24/h4-6,8-15,24H,2-3,7,16-17H2,1H3. The van der Waals surface area contributed by atoms with Crippen molar-refractivity contribution < 1.29 is 5.11 Å². The highest BCUT2D eigenvalue weighted by Crippen LogP contribution is 2.33. The van der Waals surface area contributed by atoms with Gasteiger partial charge in [0.2, 0.25) is 0 Å². The number of anilines is 1. The largest absolute Gasteiger partial charge is 0.507 e. The van der Waals surface area contributed by atoms with Crippen LogP contribution in [0.3, 0.4) is 0 Å². The van der Waals surface area contributed by atoms with Gasteiger partial charge in [-0.1, -0.05) is 74.4 Å². The van der Waals surface area contributed by atoms with E-state index in [0.717, 1.165) is 23.9 Å². The summed E-state index contributed by atoms with van der Waals surface area (Å²) in [6.07, 6.45) is 3.63. The second-order valence-electron chi connectivity index (χ2n) is 6.26. The van der Waals surface area contributed by atoms with Gasteiger partial charge >= 0.3 is 0 Å². The Kier molecular flexibility index (Phi) is 5.37. The molecule has 0 saturated heterocycles. The lowest BCUT2D eigenvalue weighted by atomic mass is 10.1. The molecule has 0 unspecified atom stereocenters. The minimum absolute atomic E-state index is 0.350. The van der Waals surface area contributed by atoms with Crippen LogP contribution in [0.4, 0.5) is 5.69 Å². The molecule has 0 heterocycles. The molecule has 0 saturated carbocycles. The summed E-state index contributed by atoms with van der Waals surface area (Å²) in [5.74, 6) is 0.350. The second-order valence-corrected chi connectivity index (χ2v) is 6.26. The van der Waals surface area contributed by atoms with Gasteiger partial charge in [0.05, 0.1) is 0 Å². The fraction of sp³-hybridized carbons (Fsp3) is 0.273. The Bertz CT molecular complexity index is 782. The third kappa shape index (κ3) is 3.70. The quantitative estimate of drug-likeness (QED) is 0.561. The number of phenolic OH excluding ortho intramolecular Hbond substituents is 1. The molecule has 0 atom stereocenters. The van der Waals surface area contributed by atoms with Gasteiger partial charge in [-0.2, -0.15) is 0 Å². The molecule has 24 heavy (non-hydrogen) atoms. The first-order chi connectivity index (χ1) is 11.8. The molecule has 124 valence electrons. The highest BCUT2D eigenvalue weighted by Gasteiger charge is 2.12. The van der Waals surface area contributed by atoms with E-state index >= 15 is 0 Å². The zero-order chi connectivity index (χ0) is 16.8. The monoisotopic (exact) mass is 319 g/mol. The van der Waals surface area contributed by atoms with Crippen LogP contribution >= 0.6 is 0 Å². The molecule has 3 aromatic carbocycles. The SMILES string of the molecule is CCCCCN(Cc1ccccc1)c1cccc2c(O)cccc12. The summed E-state index contributed by atoms with van der Waals surface area (Å²) in [5, 5.41) is 12.2. The van der Waals surface area contributed by atoms with E-state index in [4.69, 9.17) is 0 Å². The summed E-state index contributed by atoms with van der Waals surface area (Å²) < 4.78 is 0. The maximum Gasteiger partial charge on any atom is 0.123 e. The van der Waals surface area contributed by atoms with Gasteiger partial charge in [-0.05, 0) is 24.1 Å². The van der Waals surface area contributed by atoms with Crippen LogP contribution in [0.2, 0.25) is 0 Å². The number of phenols is 1. The number of fused-ring (bicyclic) bond motifs is 1. The molecule has 1 N–H and O–H groups in total. The lowest BCUT2D eigenvalue weighted by Gasteiger charge is -2.26. The number of benzene rings is 3. The third-order valence-corrected chi connectivity index (χ3v) is 4.46. The average Bonchev–Trinajstić information content (AvgIpc) is 2.62. The Labute approximate surface area is 144 Å².